The quantitative estimate of drug-likeness (QED) is 0.570. The van der Waals surface area contributed by atoms with Crippen molar-refractivity contribution >= 4 is 22.6 Å². The zero-order valence-corrected chi connectivity index (χ0v) is 12.0. The zero-order chi connectivity index (χ0) is 14.0. The Morgan fingerprint density at radius 3 is 2.48 bits per heavy atom. The average molecular weight is 294 g/mol. The second-order valence-electron chi connectivity index (χ2n) is 5.85. The van der Waals surface area contributed by atoms with Gasteiger partial charge in [-0.25, -0.2) is 0 Å². The standard InChI is InChI=1S/C18H12ClNO/c19-13-5-3-10(4-6-13)18-16-8-14-11-1-2-12(7-11)15(14)9-17(16)21-20-18/h1-6,8-9,11-12H,7H2/t11-,12+/m1/s1. The summed E-state index contributed by atoms with van der Waals surface area (Å²) in [5, 5.41) is 6.09. The molecule has 3 heteroatoms. The first kappa shape index (κ1) is 11.6. The molecule has 5 rings (SSSR count). The molecule has 2 atom stereocenters. The summed E-state index contributed by atoms with van der Waals surface area (Å²) in [6.45, 7) is 0. The number of halogens is 1. The number of benzene rings is 2. The minimum Gasteiger partial charge on any atom is -0.356 e. The molecule has 0 spiro atoms. The van der Waals surface area contributed by atoms with E-state index in [0.717, 1.165) is 27.2 Å². The SMILES string of the molecule is Clc1ccc(-c2noc3cc4c(cc23)[C@@H]2C=C[C@H]4C2)cc1. The van der Waals surface area contributed by atoms with E-state index in [2.05, 4.69) is 29.4 Å². The maximum Gasteiger partial charge on any atom is 0.167 e. The van der Waals surface area contributed by atoms with Crippen LogP contribution in [-0.2, 0) is 0 Å². The van der Waals surface area contributed by atoms with Gasteiger partial charge in [0.1, 0.15) is 5.69 Å². The van der Waals surface area contributed by atoms with Gasteiger partial charge in [-0.3, -0.25) is 0 Å². The topological polar surface area (TPSA) is 26.0 Å². The molecule has 21 heavy (non-hydrogen) atoms. The number of hydrogen-bond acceptors (Lipinski definition) is 2. The summed E-state index contributed by atoms with van der Waals surface area (Å²) in [7, 11) is 0. The van der Waals surface area contributed by atoms with Crippen LogP contribution in [0, 0.1) is 0 Å². The number of hydrogen-bond donors (Lipinski definition) is 0. The van der Waals surface area contributed by atoms with E-state index in [-0.39, 0.29) is 0 Å². The van der Waals surface area contributed by atoms with Crippen LogP contribution < -0.4 is 0 Å². The van der Waals surface area contributed by atoms with Gasteiger partial charge in [0.2, 0.25) is 0 Å². The van der Waals surface area contributed by atoms with Crippen molar-refractivity contribution in [1.29, 1.82) is 0 Å². The number of allylic oxidation sites excluding steroid dienone is 2. The molecular weight excluding hydrogens is 282 g/mol. The number of fused-ring (bicyclic) bond motifs is 6. The highest BCUT2D eigenvalue weighted by molar-refractivity contribution is 6.30. The van der Waals surface area contributed by atoms with Crippen molar-refractivity contribution in [3.8, 4) is 11.3 Å². The highest BCUT2D eigenvalue weighted by Gasteiger charge is 2.33. The molecule has 0 saturated carbocycles. The van der Waals surface area contributed by atoms with Crippen LogP contribution >= 0.6 is 11.6 Å². The van der Waals surface area contributed by atoms with Gasteiger partial charge in [0, 0.05) is 22.4 Å². The molecule has 2 bridgehead atoms. The summed E-state index contributed by atoms with van der Waals surface area (Å²) < 4.78 is 5.56. The average Bonchev–Trinajstić information content (AvgIpc) is 3.20. The van der Waals surface area contributed by atoms with Crippen LogP contribution in [0.5, 0.6) is 0 Å². The fourth-order valence-electron chi connectivity index (χ4n) is 3.64. The second-order valence-corrected chi connectivity index (χ2v) is 6.29. The molecular formula is C18H12ClNO. The molecule has 0 amide bonds. The molecule has 0 saturated heterocycles. The molecule has 2 nitrogen and oxygen atoms in total. The zero-order valence-electron chi connectivity index (χ0n) is 11.2. The predicted octanol–water partition coefficient (Wildman–Crippen LogP) is 5.29. The molecule has 1 heterocycles. The number of rotatable bonds is 1. The normalized spacial score (nSPS) is 22.1. The van der Waals surface area contributed by atoms with Crippen LogP contribution in [0.25, 0.3) is 22.2 Å². The minimum absolute atomic E-state index is 0.568. The van der Waals surface area contributed by atoms with Gasteiger partial charge < -0.3 is 4.52 Å². The van der Waals surface area contributed by atoms with Gasteiger partial charge >= 0.3 is 0 Å². The van der Waals surface area contributed by atoms with Crippen molar-refractivity contribution in [1.82, 2.24) is 5.16 Å². The third-order valence-electron chi connectivity index (χ3n) is 4.68. The van der Waals surface area contributed by atoms with Gasteiger partial charge in [-0.2, -0.15) is 0 Å². The second kappa shape index (κ2) is 3.99. The molecule has 0 radical (unpaired) electrons. The van der Waals surface area contributed by atoms with Crippen LogP contribution in [0.3, 0.4) is 0 Å². The maximum absolute atomic E-state index is 5.96. The largest absolute Gasteiger partial charge is 0.356 e. The Morgan fingerprint density at radius 1 is 1.00 bits per heavy atom. The number of aromatic nitrogens is 1. The fraction of sp³-hybridized carbons (Fsp3) is 0.167. The first-order chi connectivity index (χ1) is 10.3. The lowest BCUT2D eigenvalue weighted by Gasteiger charge is -2.09. The highest BCUT2D eigenvalue weighted by Crippen LogP contribution is 2.50. The molecule has 102 valence electrons. The summed E-state index contributed by atoms with van der Waals surface area (Å²) in [5.74, 6) is 1.14. The van der Waals surface area contributed by atoms with Crippen LogP contribution in [0.2, 0.25) is 5.02 Å². The van der Waals surface area contributed by atoms with Crippen LogP contribution in [0.1, 0.15) is 29.4 Å². The van der Waals surface area contributed by atoms with E-state index < -0.39 is 0 Å². The minimum atomic E-state index is 0.568. The van der Waals surface area contributed by atoms with E-state index in [1.54, 1.807) is 0 Å². The maximum atomic E-state index is 5.96. The van der Waals surface area contributed by atoms with Gasteiger partial charge in [-0.1, -0.05) is 41.0 Å². The molecule has 0 unspecified atom stereocenters. The summed E-state index contributed by atoms with van der Waals surface area (Å²) in [6.07, 6.45) is 5.86. The molecule has 2 aromatic carbocycles. The summed E-state index contributed by atoms with van der Waals surface area (Å²) in [6, 6.07) is 12.2. The lowest BCUT2D eigenvalue weighted by Crippen LogP contribution is -1.92. The van der Waals surface area contributed by atoms with Gasteiger partial charge in [-0.05, 0) is 41.8 Å². The Hall–Kier alpha value is -2.06. The Kier molecular flexibility index (Phi) is 2.20. The van der Waals surface area contributed by atoms with Crippen molar-refractivity contribution in [2.45, 2.75) is 18.3 Å². The molecule has 1 aromatic heterocycles. The van der Waals surface area contributed by atoms with E-state index in [0.29, 0.717) is 11.8 Å². The Balaban J connectivity index is 1.73. The van der Waals surface area contributed by atoms with Crippen molar-refractivity contribution < 1.29 is 4.52 Å². The van der Waals surface area contributed by atoms with Crippen molar-refractivity contribution in [2.75, 3.05) is 0 Å². The van der Waals surface area contributed by atoms with Crippen LogP contribution in [-0.4, -0.2) is 5.16 Å². The molecule has 0 aliphatic heterocycles. The third-order valence-corrected chi connectivity index (χ3v) is 4.93. The molecule has 3 aromatic rings. The first-order valence-electron chi connectivity index (χ1n) is 7.17. The van der Waals surface area contributed by atoms with Crippen LogP contribution in [0.15, 0.2) is 53.1 Å². The lowest BCUT2D eigenvalue weighted by atomic mass is 9.94. The van der Waals surface area contributed by atoms with Crippen molar-refractivity contribution in [2.24, 2.45) is 0 Å². The smallest absolute Gasteiger partial charge is 0.167 e. The van der Waals surface area contributed by atoms with Crippen molar-refractivity contribution in [3.63, 3.8) is 0 Å². The van der Waals surface area contributed by atoms with E-state index in [1.807, 2.05) is 24.3 Å². The van der Waals surface area contributed by atoms with Gasteiger partial charge in [0.15, 0.2) is 5.58 Å². The monoisotopic (exact) mass is 293 g/mol. The summed E-state index contributed by atoms with van der Waals surface area (Å²) in [5.41, 5.74) is 5.66. The Bertz CT molecular complexity index is 891. The van der Waals surface area contributed by atoms with Crippen LogP contribution in [0.4, 0.5) is 0 Å². The molecule has 0 fully saturated rings. The first-order valence-corrected chi connectivity index (χ1v) is 7.55. The summed E-state index contributed by atoms with van der Waals surface area (Å²) >= 11 is 5.96. The molecule has 2 aliphatic rings. The predicted molar refractivity (Wildman–Crippen MR) is 83.7 cm³/mol. The lowest BCUT2D eigenvalue weighted by molar-refractivity contribution is 0.459. The summed E-state index contributed by atoms with van der Waals surface area (Å²) in [4.78, 5) is 0. The Morgan fingerprint density at radius 2 is 1.71 bits per heavy atom. The fourth-order valence-corrected chi connectivity index (χ4v) is 3.76. The van der Waals surface area contributed by atoms with Gasteiger partial charge in [0.25, 0.3) is 0 Å². The highest BCUT2D eigenvalue weighted by atomic mass is 35.5. The van der Waals surface area contributed by atoms with E-state index in [9.17, 15) is 0 Å². The van der Waals surface area contributed by atoms with E-state index in [4.69, 9.17) is 16.1 Å². The van der Waals surface area contributed by atoms with Crippen molar-refractivity contribution in [3.05, 3.63) is 64.7 Å². The van der Waals surface area contributed by atoms with E-state index >= 15 is 0 Å². The molecule has 2 aliphatic carbocycles. The number of nitrogens with zero attached hydrogens (tertiary/aromatic N) is 1. The third kappa shape index (κ3) is 1.57. The van der Waals surface area contributed by atoms with Gasteiger partial charge in [-0.15, -0.1) is 0 Å². The van der Waals surface area contributed by atoms with Gasteiger partial charge in [0.05, 0.1) is 5.39 Å². The Labute approximate surface area is 127 Å². The molecule has 0 N–H and O–H groups in total. The van der Waals surface area contributed by atoms with E-state index in [1.165, 1.54) is 17.5 Å².